The molecular formula is C9H11NO4. The summed E-state index contributed by atoms with van der Waals surface area (Å²) in [6.07, 6.45) is 1.33. The third-order valence-corrected chi connectivity index (χ3v) is 1.87. The second-order valence-corrected chi connectivity index (χ2v) is 2.74. The lowest BCUT2D eigenvalue weighted by Gasteiger charge is -2.08. The first kappa shape index (κ1) is 10.5. The van der Waals surface area contributed by atoms with Crippen LogP contribution < -0.4 is 0 Å². The normalized spacial score (nSPS) is 9.93. The highest BCUT2D eigenvalue weighted by Gasteiger charge is 2.18. The molecule has 1 heterocycles. The number of aliphatic hydroxyl groups excluding tert-OH is 1. The zero-order chi connectivity index (χ0) is 10.7. The summed E-state index contributed by atoms with van der Waals surface area (Å²) in [6, 6.07) is 0. The molecule has 14 heavy (non-hydrogen) atoms. The molecule has 0 aliphatic rings. The summed E-state index contributed by atoms with van der Waals surface area (Å²) in [4.78, 5) is 15.1. The molecule has 1 rings (SSSR count). The van der Waals surface area contributed by atoms with Crippen molar-refractivity contribution >= 4 is 5.97 Å². The number of ether oxygens (including phenoxy) is 1. The monoisotopic (exact) mass is 197 g/mol. The molecule has 0 radical (unpaired) electrons. The lowest BCUT2D eigenvalue weighted by Crippen LogP contribution is -2.08. The first-order chi connectivity index (χ1) is 6.61. The highest BCUT2D eigenvalue weighted by atomic mass is 16.5. The highest BCUT2D eigenvalue weighted by Crippen LogP contribution is 2.24. The quantitative estimate of drug-likeness (QED) is 0.670. The van der Waals surface area contributed by atoms with Gasteiger partial charge in [-0.3, -0.25) is 4.98 Å². The highest BCUT2D eigenvalue weighted by molar-refractivity contribution is 5.94. The van der Waals surface area contributed by atoms with Gasteiger partial charge in [0.25, 0.3) is 0 Å². The van der Waals surface area contributed by atoms with Crippen LogP contribution in [0, 0.1) is 6.92 Å². The number of aromatic hydroxyl groups is 1. The molecule has 0 saturated heterocycles. The van der Waals surface area contributed by atoms with Crippen LogP contribution in [0.4, 0.5) is 0 Å². The largest absolute Gasteiger partial charge is 0.505 e. The fourth-order valence-corrected chi connectivity index (χ4v) is 1.08. The van der Waals surface area contributed by atoms with Crippen molar-refractivity contribution in [1.29, 1.82) is 0 Å². The van der Waals surface area contributed by atoms with Crippen LogP contribution in [0.15, 0.2) is 6.20 Å². The third kappa shape index (κ3) is 1.67. The van der Waals surface area contributed by atoms with Gasteiger partial charge in [0.2, 0.25) is 0 Å². The molecule has 2 N–H and O–H groups in total. The van der Waals surface area contributed by atoms with E-state index in [-0.39, 0.29) is 23.5 Å². The maximum absolute atomic E-state index is 11.2. The van der Waals surface area contributed by atoms with Crippen molar-refractivity contribution in [2.24, 2.45) is 0 Å². The number of aliphatic hydroxyl groups is 1. The van der Waals surface area contributed by atoms with E-state index in [1.54, 1.807) is 6.92 Å². The summed E-state index contributed by atoms with van der Waals surface area (Å²) in [5.41, 5.74) is 0.546. The van der Waals surface area contributed by atoms with Crippen LogP contribution in [0.25, 0.3) is 0 Å². The molecule has 1 aromatic heterocycles. The van der Waals surface area contributed by atoms with E-state index in [1.165, 1.54) is 13.3 Å². The van der Waals surface area contributed by atoms with E-state index in [2.05, 4.69) is 9.72 Å². The van der Waals surface area contributed by atoms with E-state index in [0.717, 1.165) is 0 Å². The number of esters is 1. The number of rotatable bonds is 2. The summed E-state index contributed by atoms with van der Waals surface area (Å²) in [5, 5.41) is 18.5. The van der Waals surface area contributed by atoms with Gasteiger partial charge in [0.05, 0.1) is 19.4 Å². The van der Waals surface area contributed by atoms with E-state index in [0.29, 0.717) is 5.69 Å². The Morgan fingerprint density at radius 3 is 2.79 bits per heavy atom. The number of carbonyl (C=O) groups is 1. The van der Waals surface area contributed by atoms with Crippen molar-refractivity contribution < 1.29 is 19.7 Å². The van der Waals surface area contributed by atoms with Crippen molar-refractivity contribution in [1.82, 2.24) is 4.98 Å². The fourth-order valence-electron chi connectivity index (χ4n) is 1.08. The summed E-state index contributed by atoms with van der Waals surface area (Å²) in [6.45, 7) is 1.19. The molecule has 0 amide bonds. The van der Waals surface area contributed by atoms with Crippen LogP contribution in [0.5, 0.6) is 5.75 Å². The number of aryl methyl sites for hydroxylation is 1. The molecule has 5 heteroatoms. The number of carbonyl (C=O) groups excluding carboxylic acids is 1. The Hall–Kier alpha value is -1.62. The SMILES string of the molecule is COC(=O)c1c(CO)cnc(C)c1O. The van der Waals surface area contributed by atoms with Gasteiger partial charge in [0, 0.05) is 11.8 Å². The number of aromatic nitrogens is 1. The first-order valence-corrected chi connectivity index (χ1v) is 3.98. The second kappa shape index (κ2) is 4.06. The molecule has 0 aliphatic carbocycles. The molecule has 0 aromatic carbocycles. The molecule has 0 saturated carbocycles. The van der Waals surface area contributed by atoms with Crippen molar-refractivity contribution in [2.75, 3.05) is 7.11 Å². The number of nitrogens with zero attached hydrogens (tertiary/aromatic N) is 1. The summed E-state index contributed by atoms with van der Waals surface area (Å²) in [7, 11) is 1.21. The van der Waals surface area contributed by atoms with Gasteiger partial charge in [-0.2, -0.15) is 0 Å². The van der Waals surface area contributed by atoms with Crippen LogP contribution in [0.1, 0.15) is 21.6 Å². The van der Waals surface area contributed by atoms with Gasteiger partial charge >= 0.3 is 5.97 Å². The zero-order valence-electron chi connectivity index (χ0n) is 7.94. The second-order valence-electron chi connectivity index (χ2n) is 2.74. The molecular weight excluding hydrogens is 186 g/mol. The summed E-state index contributed by atoms with van der Waals surface area (Å²) < 4.78 is 4.48. The van der Waals surface area contributed by atoms with Crippen LogP contribution in [0.2, 0.25) is 0 Å². The summed E-state index contributed by atoms with van der Waals surface area (Å²) >= 11 is 0. The Morgan fingerprint density at radius 2 is 2.29 bits per heavy atom. The Morgan fingerprint density at radius 1 is 1.64 bits per heavy atom. The van der Waals surface area contributed by atoms with Crippen molar-refractivity contribution in [3.63, 3.8) is 0 Å². The summed E-state index contributed by atoms with van der Waals surface area (Å²) in [5.74, 6) is -0.930. The number of hydrogen-bond donors (Lipinski definition) is 2. The van der Waals surface area contributed by atoms with Gasteiger partial charge in [-0.25, -0.2) is 4.79 Å². The average molecular weight is 197 g/mol. The van der Waals surface area contributed by atoms with Crippen molar-refractivity contribution in [3.8, 4) is 5.75 Å². The molecule has 5 nitrogen and oxygen atoms in total. The van der Waals surface area contributed by atoms with Crippen LogP contribution in [-0.4, -0.2) is 28.3 Å². The maximum Gasteiger partial charge on any atom is 0.342 e. The van der Waals surface area contributed by atoms with Gasteiger partial charge in [-0.15, -0.1) is 0 Å². The van der Waals surface area contributed by atoms with Crippen molar-refractivity contribution in [3.05, 3.63) is 23.0 Å². The molecule has 0 atom stereocenters. The lowest BCUT2D eigenvalue weighted by atomic mass is 10.1. The van der Waals surface area contributed by atoms with Crippen LogP contribution in [0.3, 0.4) is 0 Å². The Labute approximate surface area is 81.0 Å². The molecule has 0 unspecified atom stereocenters. The average Bonchev–Trinajstić information content (AvgIpc) is 2.20. The predicted octanol–water partition coefficient (Wildman–Crippen LogP) is 0.375. The molecule has 0 spiro atoms. The van der Waals surface area contributed by atoms with E-state index in [1.807, 2.05) is 0 Å². The molecule has 0 aliphatic heterocycles. The van der Waals surface area contributed by atoms with Crippen LogP contribution in [-0.2, 0) is 11.3 Å². The molecule has 1 aromatic rings. The smallest absolute Gasteiger partial charge is 0.342 e. The van der Waals surface area contributed by atoms with Crippen molar-refractivity contribution in [2.45, 2.75) is 13.5 Å². The van der Waals surface area contributed by atoms with Gasteiger partial charge in [-0.1, -0.05) is 0 Å². The molecule has 0 fully saturated rings. The number of hydrogen-bond acceptors (Lipinski definition) is 5. The molecule has 0 bridgehead atoms. The Kier molecular flexibility index (Phi) is 3.03. The molecule has 76 valence electrons. The van der Waals surface area contributed by atoms with Gasteiger partial charge in [0.15, 0.2) is 5.75 Å². The minimum absolute atomic E-state index is 0.0255. The minimum Gasteiger partial charge on any atom is -0.505 e. The maximum atomic E-state index is 11.2. The van der Waals surface area contributed by atoms with E-state index in [9.17, 15) is 9.90 Å². The number of methoxy groups -OCH3 is 1. The first-order valence-electron chi connectivity index (χ1n) is 3.98. The fraction of sp³-hybridized carbons (Fsp3) is 0.333. The van der Waals surface area contributed by atoms with E-state index < -0.39 is 5.97 Å². The zero-order valence-corrected chi connectivity index (χ0v) is 7.94. The van der Waals surface area contributed by atoms with E-state index in [4.69, 9.17) is 5.11 Å². The predicted molar refractivity (Wildman–Crippen MR) is 47.9 cm³/mol. The van der Waals surface area contributed by atoms with E-state index >= 15 is 0 Å². The topological polar surface area (TPSA) is 79.7 Å². The Balaban J connectivity index is 3.35. The van der Waals surface area contributed by atoms with Crippen LogP contribution >= 0.6 is 0 Å². The van der Waals surface area contributed by atoms with Gasteiger partial charge < -0.3 is 14.9 Å². The minimum atomic E-state index is -0.683. The standard InChI is InChI=1S/C9H11NO4/c1-5-8(12)7(9(13)14-2)6(4-11)3-10-5/h3,11-12H,4H2,1-2H3. The Bertz CT molecular complexity index is 362. The van der Waals surface area contributed by atoms with Gasteiger partial charge in [0.1, 0.15) is 5.56 Å². The van der Waals surface area contributed by atoms with Gasteiger partial charge in [-0.05, 0) is 6.92 Å². The lowest BCUT2D eigenvalue weighted by molar-refractivity contribution is 0.0593. The number of pyridine rings is 1. The third-order valence-electron chi connectivity index (χ3n) is 1.87.